The van der Waals surface area contributed by atoms with Gasteiger partial charge in [-0.1, -0.05) is 34.5 Å². The molecule has 26 heavy (non-hydrogen) atoms. The molecule has 0 spiro atoms. The molecule has 3 aromatic rings. The molecule has 0 bridgehead atoms. The summed E-state index contributed by atoms with van der Waals surface area (Å²) in [7, 11) is 0. The fraction of sp³-hybridized carbons (Fsp3) is 0.176. The molecule has 4 nitrogen and oxygen atoms in total. The van der Waals surface area contributed by atoms with Crippen molar-refractivity contribution in [2.24, 2.45) is 4.99 Å². The number of hydrogen-bond donors (Lipinski definition) is 0. The zero-order valence-electron chi connectivity index (χ0n) is 13.4. The first kappa shape index (κ1) is 18.8. The lowest BCUT2D eigenvalue weighted by atomic mass is 10.3. The highest BCUT2D eigenvalue weighted by Crippen LogP contribution is 2.27. The van der Waals surface area contributed by atoms with Crippen molar-refractivity contribution < 1.29 is 18.3 Å². The van der Waals surface area contributed by atoms with Crippen LogP contribution < -0.4 is 9.54 Å². The summed E-state index contributed by atoms with van der Waals surface area (Å²) in [6.45, 7) is 1.80. The van der Waals surface area contributed by atoms with Crippen molar-refractivity contribution in [3.63, 3.8) is 0 Å². The molecular formula is C17H12Cl2F2N2O2S. The summed E-state index contributed by atoms with van der Waals surface area (Å²) in [5.41, 5.74) is 0.215. The number of carbonyl (C=O) groups is 1. The number of aromatic nitrogens is 1. The SMILES string of the molecule is CCn1c(=NC(=O)COc2ccc(Cl)cc2Cl)sc2cc(F)cc(F)c21. The first-order valence-electron chi connectivity index (χ1n) is 7.53. The molecule has 0 radical (unpaired) electrons. The Morgan fingerprint density at radius 3 is 2.73 bits per heavy atom. The van der Waals surface area contributed by atoms with Crippen LogP contribution in [0.2, 0.25) is 10.0 Å². The lowest BCUT2D eigenvalue weighted by Gasteiger charge is -2.05. The molecule has 136 valence electrons. The van der Waals surface area contributed by atoms with E-state index in [-0.39, 0.29) is 21.9 Å². The zero-order chi connectivity index (χ0) is 18.8. The normalized spacial score (nSPS) is 12.0. The Bertz CT molecular complexity index is 1060. The molecular weight excluding hydrogens is 405 g/mol. The van der Waals surface area contributed by atoms with Gasteiger partial charge in [0.1, 0.15) is 11.6 Å². The van der Waals surface area contributed by atoms with E-state index in [2.05, 4.69) is 4.99 Å². The molecule has 0 aliphatic heterocycles. The highest BCUT2D eigenvalue weighted by molar-refractivity contribution is 7.16. The van der Waals surface area contributed by atoms with Crippen LogP contribution in [0.15, 0.2) is 35.3 Å². The van der Waals surface area contributed by atoms with Crippen molar-refractivity contribution in [3.05, 3.63) is 56.8 Å². The highest BCUT2D eigenvalue weighted by atomic mass is 35.5. The average Bonchev–Trinajstić information content (AvgIpc) is 2.91. The number of fused-ring (bicyclic) bond motifs is 1. The molecule has 0 fully saturated rings. The maximum absolute atomic E-state index is 14.1. The first-order chi connectivity index (χ1) is 12.4. The molecule has 0 unspecified atom stereocenters. The second kappa shape index (κ2) is 7.73. The quantitative estimate of drug-likeness (QED) is 0.612. The molecule has 0 saturated carbocycles. The summed E-state index contributed by atoms with van der Waals surface area (Å²) >= 11 is 12.8. The first-order valence-corrected chi connectivity index (χ1v) is 9.10. The molecule has 1 aromatic heterocycles. The van der Waals surface area contributed by atoms with E-state index >= 15 is 0 Å². The van der Waals surface area contributed by atoms with Gasteiger partial charge in [0.05, 0.1) is 15.2 Å². The van der Waals surface area contributed by atoms with Gasteiger partial charge in [0.15, 0.2) is 17.2 Å². The van der Waals surface area contributed by atoms with Crippen LogP contribution in [-0.4, -0.2) is 17.1 Å². The monoisotopic (exact) mass is 416 g/mol. The van der Waals surface area contributed by atoms with Gasteiger partial charge in [-0.2, -0.15) is 4.99 Å². The summed E-state index contributed by atoms with van der Waals surface area (Å²) in [6.07, 6.45) is 0. The Kier molecular flexibility index (Phi) is 5.60. The van der Waals surface area contributed by atoms with Crippen LogP contribution in [-0.2, 0) is 11.3 Å². The zero-order valence-corrected chi connectivity index (χ0v) is 15.8. The molecule has 0 atom stereocenters. The van der Waals surface area contributed by atoms with Crippen LogP contribution in [0.3, 0.4) is 0 Å². The van der Waals surface area contributed by atoms with Gasteiger partial charge >= 0.3 is 0 Å². The van der Waals surface area contributed by atoms with E-state index in [4.69, 9.17) is 27.9 Å². The Balaban J connectivity index is 1.89. The third-order valence-corrected chi connectivity index (χ3v) is 5.03. The van der Waals surface area contributed by atoms with Crippen molar-refractivity contribution in [1.29, 1.82) is 0 Å². The van der Waals surface area contributed by atoms with Crippen LogP contribution in [0, 0.1) is 11.6 Å². The number of nitrogens with zero attached hydrogens (tertiary/aromatic N) is 2. The maximum atomic E-state index is 14.1. The minimum Gasteiger partial charge on any atom is -0.482 e. The molecule has 3 rings (SSSR count). The van der Waals surface area contributed by atoms with Gasteiger partial charge in [-0.15, -0.1) is 0 Å². The maximum Gasteiger partial charge on any atom is 0.286 e. The number of benzene rings is 2. The van der Waals surface area contributed by atoms with E-state index in [0.717, 1.165) is 17.4 Å². The average molecular weight is 417 g/mol. The van der Waals surface area contributed by atoms with E-state index in [0.29, 0.717) is 22.0 Å². The number of carbonyl (C=O) groups excluding carboxylic acids is 1. The Hall–Kier alpha value is -1.96. The number of aryl methyl sites for hydroxylation is 1. The minimum absolute atomic E-state index is 0.215. The number of hydrogen-bond acceptors (Lipinski definition) is 3. The van der Waals surface area contributed by atoms with Crippen LogP contribution in [0.25, 0.3) is 10.2 Å². The summed E-state index contributed by atoms with van der Waals surface area (Å²) < 4.78 is 34.7. The number of halogens is 4. The highest BCUT2D eigenvalue weighted by Gasteiger charge is 2.13. The van der Waals surface area contributed by atoms with Gasteiger partial charge < -0.3 is 9.30 Å². The summed E-state index contributed by atoms with van der Waals surface area (Å²) in [4.78, 5) is 16.4. The van der Waals surface area contributed by atoms with Crippen LogP contribution in [0.1, 0.15) is 6.92 Å². The molecule has 2 aromatic carbocycles. The Labute approximate surface area is 161 Å². The summed E-state index contributed by atoms with van der Waals surface area (Å²) in [5.74, 6) is -1.66. The fourth-order valence-electron chi connectivity index (χ4n) is 2.38. The van der Waals surface area contributed by atoms with Gasteiger partial charge in [0, 0.05) is 17.6 Å². The largest absolute Gasteiger partial charge is 0.482 e. The molecule has 0 aliphatic carbocycles. The smallest absolute Gasteiger partial charge is 0.286 e. The lowest BCUT2D eigenvalue weighted by Crippen LogP contribution is -2.19. The summed E-state index contributed by atoms with van der Waals surface area (Å²) in [6, 6.07) is 6.64. The number of amides is 1. The molecule has 1 amide bonds. The van der Waals surface area contributed by atoms with Gasteiger partial charge in [-0.3, -0.25) is 4.79 Å². The Morgan fingerprint density at radius 2 is 2.04 bits per heavy atom. The summed E-state index contributed by atoms with van der Waals surface area (Å²) in [5, 5.41) is 0.718. The number of rotatable bonds is 4. The van der Waals surface area contributed by atoms with E-state index in [1.54, 1.807) is 19.1 Å². The van der Waals surface area contributed by atoms with Crippen molar-refractivity contribution in [1.82, 2.24) is 4.57 Å². The molecule has 9 heteroatoms. The Morgan fingerprint density at radius 1 is 1.27 bits per heavy atom. The van der Waals surface area contributed by atoms with Gasteiger partial charge in [0.2, 0.25) is 0 Å². The number of thiazole rings is 1. The van der Waals surface area contributed by atoms with Crippen LogP contribution in [0.5, 0.6) is 5.75 Å². The van der Waals surface area contributed by atoms with E-state index in [1.807, 2.05) is 0 Å². The second-order valence-electron chi connectivity index (χ2n) is 5.23. The molecule has 0 saturated heterocycles. The predicted octanol–water partition coefficient (Wildman–Crippen LogP) is 4.81. The second-order valence-corrected chi connectivity index (χ2v) is 7.08. The van der Waals surface area contributed by atoms with E-state index < -0.39 is 17.5 Å². The van der Waals surface area contributed by atoms with Crippen molar-refractivity contribution in [2.45, 2.75) is 13.5 Å². The predicted molar refractivity (Wildman–Crippen MR) is 97.9 cm³/mol. The van der Waals surface area contributed by atoms with Gasteiger partial charge in [-0.05, 0) is 31.2 Å². The third-order valence-electron chi connectivity index (χ3n) is 3.48. The van der Waals surface area contributed by atoms with Gasteiger partial charge in [-0.25, -0.2) is 8.78 Å². The van der Waals surface area contributed by atoms with Crippen molar-refractivity contribution >= 4 is 50.7 Å². The molecule has 1 heterocycles. The van der Waals surface area contributed by atoms with Gasteiger partial charge in [0.25, 0.3) is 5.91 Å². The minimum atomic E-state index is -0.698. The van der Waals surface area contributed by atoms with Crippen molar-refractivity contribution in [3.8, 4) is 5.75 Å². The number of ether oxygens (including phenoxy) is 1. The molecule has 0 aliphatic rings. The third kappa shape index (κ3) is 3.90. The van der Waals surface area contributed by atoms with E-state index in [1.165, 1.54) is 16.7 Å². The van der Waals surface area contributed by atoms with Crippen LogP contribution >= 0.6 is 34.5 Å². The van der Waals surface area contributed by atoms with E-state index in [9.17, 15) is 13.6 Å². The lowest BCUT2D eigenvalue weighted by molar-refractivity contribution is -0.120. The molecule has 0 N–H and O–H groups in total. The standard InChI is InChI=1S/C17H12Cl2F2N2O2S/c1-2-23-16-12(21)6-10(20)7-14(16)26-17(23)22-15(24)8-25-13-4-3-9(18)5-11(13)19/h3-7H,2,8H2,1H3. The topological polar surface area (TPSA) is 43.6 Å². The fourth-order valence-corrected chi connectivity index (χ4v) is 3.99. The van der Waals surface area contributed by atoms with Crippen LogP contribution in [0.4, 0.5) is 8.78 Å². The van der Waals surface area contributed by atoms with Crippen molar-refractivity contribution in [2.75, 3.05) is 6.61 Å².